The largest absolute Gasteiger partial charge is 0.463 e. The topological polar surface area (TPSA) is 105 Å². The molecule has 0 aliphatic heterocycles. The van der Waals surface area contributed by atoms with Gasteiger partial charge in [-0.25, -0.2) is 19.2 Å². The van der Waals surface area contributed by atoms with E-state index < -0.39 is 23.9 Å². The normalized spacial score (nSPS) is 11.3. The van der Waals surface area contributed by atoms with Crippen LogP contribution in [0.5, 0.6) is 0 Å². The van der Waals surface area contributed by atoms with Crippen molar-refractivity contribution >= 4 is 23.9 Å². The highest BCUT2D eigenvalue weighted by Crippen LogP contribution is 2.13. The summed E-state index contributed by atoms with van der Waals surface area (Å²) in [4.78, 5) is 46.9. The molecule has 8 nitrogen and oxygen atoms in total. The van der Waals surface area contributed by atoms with Gasteiger partial charge in [0.05, 0.1) is 37.6 Å². The predicted molar refractivity (Wildman–Crippen MR) is 151 cm³/mol. The molecule has 0 N–H and O–H groups in total. The van der Waals surface area contributed by atoms with E-state index in [-0.39, 0.29) is 28.5 Å². The van der Waals surface area contributed by atoms with E-state index >= 15 is 0 Å². The molecule has 0 saturated carbocycles. The summed E-state index contributed by atoms with van der Waals surface area (Å²) in [5, 5.41) is 0. The Labute approximate surface area is 234 Å². The van der Waals surface area contributed by atoms with Crippen LogP contribution in [0.2, 0.25) is 0 Å². The van der Waals surface area contributed by atoms with Crippen LogP contribution in [0, 0.1) is 23.7 Å². The lowest BCUT2D eigenvalue weighted by Gasteiger charge is -2.11. The highest BCUT2D eigenvalue weighted by Gasteiger charge is 2.19. The zero-order valence-corrected chi connectivity index (χ0v) is 25.2. The van der Waals surface area contributed by atoms with Crippen LogP contribution in [0.15, 0.2) is 35.9 Å². The molecule has 1 aromatic rings. The van der Waals surface area contributed by atoms with Gasteiger partial charge in [0.15, 0.2) is 0 Å². The Morgan fingerprint density at radius 2 is 1.05 bits per heavy atom. The second kappa shape index (κ2) is 19.8. The molecule has 220 valence electrons. The average molecular weight is 549 g/mol. The maximum Gasteiger partial charge on any atom is 0.339 e. The molecule has 0 saturated heterocycles. The summed E-state index contributed by atoms with van der Waals surface area (Å²) in [6, 6.07) is 6.56. The van der Waals surface area contributed by atoms with Gasteiger partial charge in [-0.15, -0.1) is 0 Å². The fourth-order valence-corrected chi connectivity index (χ4v) is 2.65. The number of ether oxygens (including phenoxy) is 4. The minimum Gasteiger partial charge on any atom is -0.463 e. The van der Waals surface area contributed by atoms with Crippen molar-refractivity contribution in [2.24, 2.45) is 23.7 Å². The standard InChI is InChI=1S/C16H22O4.C15H26O4/c1-11(2)9-19-15(17)13-7-5-6-8-14(13)16(18)20-10-12(3)4;1-11(2)6-8-18-14(16)10-13(5)15(17)19-9-7-12(3)4/h5-8,11-12H,9-10H2,1-4H3;10-12H,6-9H2,1-5H3/b;13-10-. The van der Waals surface area contributed by atoms with Crippen molar-refractivity contribution in [2.75, 3.05) is 26.4 Å². The lowest BCUT2D eigenvalue weighted by Crippen LogP contribution is -2.17. The molecule has 0 amide bonds. The first-order valence-corrected chi connectivity index (χ1v) is 13.7. The van der Waals surface area contributed by atoms with Crippen LogP contribution < -0.4 is 0 Å². The maximum absolute atomic E-state index is 12.0. The highest BCUT2D eigenvalue weighted by atomic mass is 16.5. The Morgan fingerprint density at radius 1 is 0.641 bits per heavy atom. The van der Waals surface area contributed by atoms with Gasteiger partial charge in [0, 0.05) is 11.6 Å². The lowest BCUT2D eigenvalue weighted by atomic mass is 10.1. The molecule has 0 bridgehead atoms. The van der Waals surface area contributed by atoms with Crippen LogP contribution in [0.3, 0.4) is 0 Å². The average Bonchev–Trinajstić information content (AvgIpc) is 2.85. The van der Waals surface area contributed by atoms with Gasteiger partial charge in [0.1, 0.15) is 0 Å². The van der Waals surface area contributed by atoms with E-state index in [4.69, 9.17) is 18.9 Å². The number of benzene rings is 1. The molecule has 0 aliphatic carbocycles. The summed E-state index contributed by atoms with van der Waals surface area (Å²) in [5.74, 6) is -0.456. The van der Waals surface area contributed by atoms with E-state index in [1.807, 2.05) is 27.7 Å². The molecule has 0 fully saturated rings. The van der Waals surface area contributed by atoms with Gasteiger partial charge >= 0.3 is 23.9 Å². The van der Waals surface area contributed by atoms with E-state index in [1.165, 1.54) is 6.08 Å². The second-order valence-corrected chi connectivity index (χ2v) is 11.0. The Balaban J connectivity index is 0.000000742. The molecule has 0 heterocycles. The molecular weight excluding hydrogens is 500 g/mol. The van der Waals surface area contributed by atoms with Crippen LogP contribution in [-0.2, 0) is 28.5 Å². The minimum atomic E-state index is -0.490. The predicted octanol–water partition coefficient (Wildman–Crippen LogP) is 6.42. The Kier molecular flexibility index (Phi) is 18.2. The molecule has 0 atom stereocenters. The second-order valence-electron chi connectivity index (χ2n) is 11.0. The van der Waals surface area contributed by atoms with Crippen molar-refractivity contribution in [1.82, 2.24) is 0 Å². The summed E-state index contributed by atoms with van der Waals surface area (Å²) < 4.78 is 20.4. The van der Waals surface area contributed by atoms with E-state index in [0.717, 1.165) is 12.8 Å². The molecule has 1 rings (SSSR count). The first-order chi connectivity index (χ1) is 18.2. The van der Waals surface area contributed by atoms with Crippen molar-refractivity contribution in [3.8, 4) is 0 Å². The summed E-state index contributed by atoms with van der Waals surface area (Å²) in [5.41, 5.74) is 0.780. The maximum atomic E-state index is 12.0. The van der Waals surface area contributed by atoms with Crippen LogP contribution in [0.1, 0.15) is 95.9 Å². The molecule has 0 radical (unpaired) electrons. The number of esters is 4. The van der Waals surface area contributed by atoms with Crippen LogP contribution >= 0.6 is 0 Å². The van der Waals surface area contributed by atoms with Crippen molar-refractivity contribution < 1.29 is 38.1 Å². The molecule has 0 unspecified atom stereocenters. The molecular formula is C31H48O8. The smallest absolute Gasteiger partial charge is 0.339 e. The molecule has 0 aromatic heterocycles. The molecule has 8 heteroatoms. The monoisotopic (exact) mass is 548 g/mol. The van der Waals surface area contributed by atoms with Crippen molar-refractivity contribution in [3.05, 3.63) is 47.0 Å². The molecule has 1 aromatic carbocycles. The van der Waals surface area contributed by atoms with Gasteiger partial charge in [-0.05, 0) is 55.6 Å². The number of hydrogen-bond acceptors (Lipinski definition) is 8. The number of rotatable bonds is 14. The van der Waals surface area contributed by atoms with Crippen LogP contribution in [0.4, 0.5) is 0 Å². The summed E-state index contributed by atoms with van der Waals surface area (Å²) in [6.07, 6.45) is 2.83. The van der Waals surface area contributed by atoms with E-state index in [9.17, 15) is 19.2 Å². The van der Waals surface area contributed by atoms with Crippen molar-refractivity contribution in [3.63, 3.8) is 0 Å². The molecule has 39 heavy (non-hydrogen) atoms. The number of carbonyl (C=O) groups is 4. The first-order valence-electron chi connectivity index (χ1n) is 13.7. The Morgan fingerprint density at radius 3 is 1.44 bits per heavy atom. The highest BCUT2D eigenvalue weighted by molar-refractivity contribution is 6.03. The summed E-state index contributed by atoms with van der Waals surface area (Å²) >= 11 is 0. The summed E-state index contributed by atoms with van der Waals surface area (Å²) in [6.45, 7) is 19.0. The van der Waals surface area contributed by atoms with Crippen molar-refractivity contribution in [2.45, 2.75) is 75.2 Å². The third kappa shape index (κ3) is 17.9. The van der Waals surface area contributed by atoms with Gasteiger partial charge < -0.3 is 18.9 Å². The zero-order chi connectivity index (χ0) is 30.0. The third-order valence-corrected chi connectivity index (χ3v) is 4.99. The van der Waals surface area contributed by atoms with Crippen LogP contribution in [0.25, 0.3) is 0 Å². The van der Waals surface area contributed by atoms with E-state index in [1.54, 1.807) is 31.2 Å². The number of carbonyl (C=O) groups excluding carboxylic acids is 4. The minimum absolute atomic E-state index is 0.249. The van der Waals surface area contributed by atoms with Gasteiger partial charge in [-0.1, -0.05) is 67.5 Å². The third-order valence-electron chi connectivity index (χ3n) is 4.99. The van der Waals surface area contributed by atoms with Crippen molar-refractivity contribution in [1.29, 1.82) is 0 Å². The van der Waals surface area contributed by atoms with Gasteiger partial charge in [0.25, 0.3) is 0 Å². The fraction of sp³-hybridized carbons (Fsp3) is 0.613. The van der Waals surface area contributed by atoms with Gasteiger partial charge in [-0.2, -0.15) is 0 Å². The SMILES string of the molecule is C/C(=C/C(=O)OCCC(C)C)C(=O)OCCC(C)C.CC(C)COC(=O)c1ccccc1C(=O)OCC(C)C. The number of hydrogen-bond donors (Lipinski definition) is 0. The first kappa shape index (κ1) is 35.8. The van der Waals surface area contributed by atoms with Gasteiger partial charge in [0.2, 0.25) is 0 Å². The Bertz CT molecular complexity index is 885. The summed E-state index contributed by atoms with van der Waals surface area (Å²) in [7, 11) is 0. The van der Waals surface area contributed by atoms with Gasteiger partial charge in [-0.3, -0.25) is 0 Å². The Hall–Kier alpha value is -3.16. The van der Waals surface area contributed by atoms with E-state index in [0.29, 0.717) is 38.3 Å². The molecule has 0 aliphatic rings. The fourth-order valence-electron chi connectivity index (χ4n) is 2.65. The molecule has 0 spiro atoms. The quantitative estimate of drug-likeness (QED) is 0.149. The van der Waals surface area contributed by atoms with Crippen LogP contribution in [-0.4, -0.2) is 50.3 Å². The zero-order valence-electron chi connectivity index (χ0n) is 25.2. The van der Waals surface area contributed by atoms with E-state index in [2.05, 4.69) is 27.7 Å². The lowest BCUT2D eigenvalue weighted by molar-refractivity contribution is -0.141.